The first-order valence-corrected chi connectivity index (χ1v) is 33.0. The van der Waals surface area contributed by atoms with Crippen molar-refractivity contribution in [3.05, 3.63) is 0 Å². The van der Waals surface area contributed by atoms with Crippen LogP contribution in [0, 0.1) is 0 Å². The van der Waals surface area contributed by atoms with Crippen LogP contribution < -0.4 is 0 Å². The molecular formula is C66H128O6. The highest BCUT2D eigenvalue weighted by Gasteiger charge is 2.19. The lowest BCUT2D eigenvalue weighted by atomic mass is 10.0. The van der Waals surface area contributed by atoms with E-state index < -0.39 is 6.10 Å². The molecule has 0 aliphatic heterocycles. The fraction of sp³-hybridized carbons (Fsp3) is 0.955. The summed E-state index contributed by atoms with van der Waals surface area (Å²) in [6.45, 7) is 6.72. The second-order valence-corrected chi connectivity index (χ2v) is 22.8. The summed E-state index contributed by atoms with van der Waals surface area (Å²) in [5, 5.41) is 0. The molecule has 1 atom stereocenters. The van der Waals surface area contributed by atoms with E-state index in [1.54, 1.807) is 0 Å². The molecular weight excluding hydrogens is 889 g/mol. The van der Waals surface area contributed by atoms with E-state index in [9.17, 15) is 14.4 Å². The highest BCUT2D eigenvalue weighted by Crippen LogP contribution is 2.19. The smallest absolute Gasteiger partial charge is 0.306 e. The molecule has 0 aliphatic carbocycles. The van der Waals surface area contributed by atoms with Crippen LogP contribution in [-0.4, -0.2) is 37.2 Å². The van der Waals surface area contributed by atoms with E-state index in [0.717, 1.165) is 57.8 Å². The Bertz CT molecular complexity index is 1080. The first kappa shape index (κ1) is 70.4. The Balaban J connectivity index is 4.16. The summed E-state index contributed by atoms with van der Waals surface area (Å²) in [5.41, 5.74) is 0. The van der Waals surface area contributed by atoms with Crippen LogP contribution in [0.25, 0.3) is 0 Å². The van der Waals surface area contributed by atoms with E-state index in [2.05, 4.69) is 20.8 Å². The Morgan fingerprint density at radius 2 is 0.375 bits per heavy atom. The van der Waals surface area contributed by atoms with Gasteiger partial charge in [-0.25, -0.2) is 0 Å². The van der Waals surface area contributed by atoms with E-state index in [0.29, 0.717) is 19.3 Å². The van der Waals surface area contributed by atoms with Crippen LogP contribution in [0.5, 0.6) is 0 Å². The summed E-state index contributed by atoms with van der Waals surface area (Å²) >= 11 is 0. The van der Waals surface area contributed by atoms with Crippen LogP contribution in [0.1, 0.15) is 387 Å². The maximum Gasteiger partial charge on any atom is 0.306 e. The normalized spacial score (nSPS) is 11.9. The van der Waals surface area contributed by atoms with Gasteiger partial charge in [-0.3, -0.25) is 14.4 Å². The fourth-order valence-electron chi connectivity index (χ4n) is 10.4. The van der Waals surface area contributed by atoms with Gasteiger partial charge in [0.2, 0.25) is 0 Å². The molecule has 0 bridgehead atoms. The lowest BCUT2D eigenvalue weighted by Crippen LogP contribution is -2.30. The molecule has 0 amide bonds. The molecule has 428 valence electrons. The Labute approximate surface area is 450 Å². The molecule has 0 fully saturated rings. The molecule has 0 aromatic carbocycles. The van der Waals surface area contributed by atoms with Crippen molar-refractivity contribution in [2.24, 2.45) is 0 Å². The molecule has 0 saturated heterocycles. The summed E-state index contributed by atoms with van der Waals surface area (Å²) in [6.07, 6.45) is 71.2. The zero-order chi connectivity index (χ0) is 52.2. The van der Waals surface area contributed by atoms with Gasteiger partial charge in [0.15, 0.2) is 6.10 Å². The number of carbonyl (C=O) groups excluding carboxylic acids is 3. The molecule has 0 radical (unpaired) electrons. The van der Waals surface area contributed by atoms with Crippen molar-refractivity contribution < 1.29 is 28.6 Å². The second-order valence-electron chi connectivity index (χ2n) is 22.8. The van der Waals surface area contributed by atoms with E-state index >= 15 is 0 Å². The highest BCUT2D eigenvalue weighted by atomic mass is 16.6. The standard InChI is InChI=1S/C66H128O6/c1-4-7-10-13-16-19-22-24-26-28-30-31-32-33-34-36-37-39-41-44-47-50-53-56-59-65(68)71-62-63(61-70-64(67)58-55-52-49-46-43-21-18-15-12-9-6-3)72-66(69)60-57-54-51-48-45-42-40-38-35-29-27-25-23-20-17-14-11-8-5-2/h63H,4-62H2,1-3H3. The van der Waals surface area contributed by atoms with Gasteiger partial charge in [0.25, 0.3) is 0 Å². The van der Waals surface area contributed by atoms with Gasteiger partial charge in [0.1, 0.15) is 13.2 Å². The van der Waals surface area contributed by atoms with Crippen LogP contribution >= 0.6 is 0 Å². The minimum atomic E-state index is -0.762. The second kappa shape index (κ2) is 62.0. The molecule has 0 aromatic rings. The zero-order valence-electron chi connectivity index (χ0n) is 49.2. The molecule has 6 nitrogen and oxygen atoms in total. The van der Waals surface area contributed by atoms with Gasteiger partial charge < -0.3 is 14.2 Å². The average molecular weight is 1020 g/mol. The minimum absolute atomic E-state index is 0.0606. The van der Waals surface area contributed by atoms with Crippen molar-refractivity contribution in [3.8, 4) is 0 Å². The lowest BCUT2D eigenvalue weighted by molar-refractivity contribution is -0.167. The largest absolute Gasteiger partial charge is 0.462 e. The third-order valence-electron chi connectivity index (χ3n) is 15.4. The van der Waals surface area contributed by atoms with Crippen LogP contribution in [0.2, 0.25) is 0 Å². The van der Waals surface area contributed by atoms with Gasteiger partial charge in [0, 0.05) is 19.3 Å². The Kier molecular flexibility index (Phi) is 60.6. The highest BCUT2D eigenvalue weighted by molar-refractivity contribution is 5.71. The van der Waals surface area contributed by atoms with Crippen LogP contribution in [0.3, 0.4) is 0 Å². The summed E-state index contributed by atoms with van der Waals surface area (Å²) in [5.74, 6) is -0.826. The topological polar surface area (TPSA) is 78.9 Å². The number of esters is 3. The van der Waals surface area contributed by atoms with Crippen molar-refractivity contribution in [2.75, 3.05) is 13.2 Å². The molecule has 0 heterocycles. The number of carbonyl (C=O) groups is 3. The molecule has 0 saturated carbocycles. The number of unbranched alkanes of at least 4 members (excludes halogenated alkanes) is 51. The lowest BCUT2D eigenvalue weighted by Gasteiger charge is -2.18. The number of ether oxygens (including phenoxy) is 3. The fourth-order valence-corrected chi connectivity index (χ4v) is 10.4. The monoisotopic (exact) mass is 1020 g/mol. The summed E-state index contributed by atoms with van der Waals surface area (Å²) in [6, 6.07) is 0. The van der Waals surface area contributed by atoms with E-state index in [1.165, 1.54) is 289 Å². The molecule has 72 heavy (non-hydrogen) atoms. The summed E-state index contributed by atoms with van der Waals surface area (Å²) in [4.78, 5) is 38.3. The molecule has 0 aliphatic rings. The van der Waals surface area contributed by atoms with Crippen molar-refractivity contribution in [3.63, 3.8) is 0 Å². The Morgan fingerprint density at radius 1 is 0.222 bits per heavy atom. The van der Waals surface area contributed by atoms with Crippen molar-refractivity contribution in [2.45, 2.75) is 393 Å². The maximum absolute atomic E-state index is 12.9. The number of rotatable bonds is 62. The van der Waals surface area contributed by atoms with Crippen molar-refractivity contribution in [1.29, 1.82) is 0 Å². The van der Waals surface area contributed by atoms with Gasteiger partial charge in [-0.15, -0.1) is 0 Å². The minimum Gasteiger partial charge on any atom is -0.462 e. The third kappa shape index (κ3) is 59.3. The van der Waals surface area contributed by atoms with Gasteiger partial charge >= 0.3 is 17.9 Å². The molecule has 6 heteroatoms. The third-order valence-corrected chi connectivity index (χ3v) is 15.4. The summed E-state index contributed by atoms with van der Waals surface area (Å²) in [7, 11) is 0. The van der Waals surface area contributed by atoms with Crippen molar-refractivity contribution >= 4 is 17.9 Å². The first-order chi connectivity index (χ1) is 35.5. The average Bonchev–Trinajstić information content (AvgIpc) is 3.38. The zero-order valence-corrected chi connectivity index (χ0v) is 49.2. The first-order valence-electron chi connectivity index (χ1n) is 33.0. The predicted octanol–water partition coefficient (Wildman–Crippen LogP) is 22.3. The predicted molar refractivity (Wildman–Crippen MR) is 312 cm³/mol. The number of hydrogen-bond acceptors (Lipinski definition) is 6. The van der Waals surface area contributed by atoms with E-state index in [1.807, 2.05) is 0 Å². The number of hydrogen-bond donors (Lipinski definition) is 0. The van der Waals surface area contributed by atoms with E-state index in [-0.39, 0.29) is 31.1 Å². The van der Waals surface area contributed by atoms with Crippen LogP contribution in [0.15, 0.2) is 0 Å². The Morgan fingerprint density at radius 3 is 0.556 bits per heavy atom. The SMILES string of the molecule is CCCCCCCCCCCCCCCCCCCCCCCCCCC(=O)OCC(COC(=O)CCCCCCCCCCCCC)OC(=O)CCCCCCCCCCCCCCCCCCCCC. The molecule has 1 unspecified atom stereocenters. The van der Waals surface area contributed by atoms with Crippen molar-refractivity contribution in [1.82, 2.24) is 0 Å². The van der Waals surface area contributed by atoms with Gasteiger partial charge in [-0.1, -0.05) is 348 Å². The van der Waals surface area contributed by atoms with Crippen LogP contribution in [0.4, 0.5) is 0 Å². The van der Waals surface area contributed by atoms with Gasteiger partial charge in [-0.2, -0.15) is 0 Å². The van der Waals surface area contributed by atoms with E-state index in [4.69, 9.17) is 14.2 Å². The summed E-state index contributed by atoms with van der Waals surface area (Å²) < 4.78 is 16.9. The maximum atomic E-state index is 12.9. The molecule has 0 aromatic heterocycles. The van der Waals surface area contributed by atoms with Gasteiger partial charge in [-0.05, 0) is 19.3 Å². The van der Waals surface area contributed by atoms with Gasteiger partial charge in [0.05, 0.1) is 0 Å². The molecule has 0 rings (SSSR count). The van der Waals surface area contributed by atoms with Crippen LogP contribution in [-0.2, 0) is 28.6 Å². The molecule has 0 N–H and O–H groups in total. The molecule has 0 spiro atoms. The quantitative estimate of drug-likeness (QED) is 0.0343. The Hall–Kier alpha value is -1.59.